The van der Waals surface area contributed by atoms with Crippen molar-refractivity contribution in [2.75, 3.05) is 21.3 Å². The Morgan fingerprint density at radius 2 is 1.50 bits per heavy atom. The van der Waals surface area contributed by atoms with Crippen LogP contribution in [0.4, 0.5) is 0 Å². The van der Waals surface area contributed by atoms with E-state index in [4.69, 9.17) is 19.5 Å². The van der Waals surface area contributed by atoms with E-state index in [-0.39, 0.29) is 0 Å². The van der Waals surface area contributed by atoms with Crippen LogP contribution in [-0.2, 0) is 0 Å². The van der Waals surface area contributed by atoms with Crippen LogP contribution < -0.4 is 14.2 Å². The molecule has 2 aromatic rings. The van der Waals surface area contributed by atoms with Crippen molar-refractivity contribution in [1.29, 1.82) is 5.26 Å². The molecule has 0 spiro atoms. The molecule has 0 heterocycles. The van der Waals surface area contributed by atoms with Gasteiger partial charge in [0.25, 0.3) is 0 Å². The highest BCUT2D eigenvalue weighted by Crippen LogP contribution is 2.40. The van der Waals surface area contributed by atoms with Crippen LogP contribution in [0.5, 0.6) is 17.2 Å². The minimum absolute atomic E-state index is 0.542. The maximum atomic E-state index is 9.12. The topological polar surface area (TPSA) is 51.5 Å². The zero-order chi connectivity index (χ0) is 15.9. The third kappa shape index (κ3) is 3.04. The van der Waals surface area contributed by atoms with Crippen molar-refractivity contribution in [2.45, 2.75) is 0 Å². The Balaban J connectivity index is 2.45. The minimum Gasteiger partial charge on any atom is -0.493 e. The smallest absolute Gasteiger partial charge is 0.203 e. The van der Waals surface area contributed by atoms with Crippen molar-refractivity contribution in [3.8, 4) is 23.3 Å². The summed E-state index contributed by atoms with van der Waals surface area (Å²) < 4.78 is 16.1. The highest BCUT2D eigenvalue weighted by Gasteiger charge is 2.14. The quantitative estimate of drug-likeness (QED) is 0.788. The van der Waals surface area contributed by atoms with Crippen molar-refractivity contribution in [2.24, 2.45) is 0 Å². The van der Waals surface area contributed by atoms with Crippen LogP contribution in [0.1, 0.15) is 16.7 Å². The monoisotopic (exact) mass is 295 g/mol. The molecule has 112 valence electrons. The molecule has 0 fully saturated rings. The summed E-state index contributed by atoms with van der Waals surface area (Å²) in [7, 11) is 4.73. The number of nitrogens with zero attached hydrogens (tertiary/aromatic N) is 1. The van der Waals surface area contributed by atoms with Crippen LogP contribution >= 0.6 is 0 Å². The van der Waals surface area contributed by atoms with E-state index in [0.717, 1.165) is 11.1 Å². The van der Waals surface area contributed by atoms with E-state index >= 15 is 0 Å². The molecule has 0 radical (unpaired) electrons. The fraction of sp³-hybridized carbons (Fsp3) is 0.167. The van der Waals surface area contributed by atoms with Gasteiger partial charge in [-0.05, 0) is 23.8 Å². The van der Waals surface area contributed by atoms with Crippen LogP contribution in [0, 0.1) is 11.3 Å². The van der Waals surface area contributed by atoms with E-state index in [1.807, 2.05) is 42.5 Å². The van der Waals surface area contributed by atoms with Gasteiger partial charge < -0.3 is 14.2 Å². The van der Waals surface area contributed by atoms with Gasteiger partial charge in [-0.1, -0.05) is 30.4 Å². The van der Waals surface area contributed by atoms with E-state index in [0.29, 0.717) is 22.8 Å². The Kier molecular flexibility index (Phi) is 5.05. The Labute approximate surface area is 130 Å². The molecule has 0 bridgehead atoms. The predicted octanol–water partition coefficient (Wildman–Crippen LogP) is 3.75. The molecule has 0 aliphatic heterocycles. The fourth-order valence-corrected chi connectivity index (χ4v) is 2.18. The Morgan fingerprint density at radius 1 is 0.818 bits per heavy atom. The Bertz CT molecular complexity index is 730. The van der Waals surface area contributed by atoms with Crippen molar-refractivity contribution in [3.63, 3.8) is 0 Å². The molecule has 2 rings (SSSR count). The zero-order valence-corrected chi connectivity index (χ0v) is 12.8. The van der Waals surface area contributed by atoms with Crippen LogP contribution in [0.3, 0.4) is 0 Å². The molecule has 0 aromatic heterocycles. The van der Waals surface area contributed by atoms with Crippen molar-refractivity contribution in [3.05, 3.63) is 53.1 Å². The molecular weight excluding hydrogens is 278 g/mol. The first-order valence-electron chi connectivity index (χ1n) is 6.71. The first-order chi connectivity index (χ1) is 10.7. The van der Waals surface area contributed by atoms with E-state index in [1.165, 1.54) is 0 Å². The van der Waals surface area contributed by atoms with E-state index in [2.05, 4.69) is 6.07 Å². The molecule has 0 amide bonds. The van der Waals surface area contributed by atoms with E-state index < -0.39 is 0 Å². The number of hydrogen-bond acceptors (Lipinski definition) is 4. The summed E-state index contributed by atoms with van der Waals surface area (Å²) in [6, 6.07) is 13.3. The number of nitriles is 1. The lowest BCUT2D eigenvalue weighted by molar-refractivity contribution is 0.324. The van der Waals surface area contributed by atoms with Crippen molar-refractivity contribution in [1.82, 2.24) is 0 Å². The molecule has 22 heavy (non-hydrogen) atoms. The fourth-order valence-electron chi connectivity index (χ4n) is 2.18. The summed E-state index contributed by atoms with van der Waals surface area (Å²) in [6.07, 6.45) is 3.76. The zero-order valence-electron chi connectivity index (χ0n) is 12.8. The molecular formula is C18H17NO3. The van der Waals surface area contributed by atoms with Gasteiger partial charge in [0.15, 0.2) is 11.5 Å². The summed E-state index contributed by atoms with van der Waals surface area (Å²) in [5, 5.41) is 9.12. The van der Waals surface area contributed by atoms with Crippen molar-refractivity contribution >= 4 is 12.2 Å². The van der Waals surface area contributed by atoms with E-state index in [9.17, 15) is 0 Å². The standard InChI is InChI=1S/C18H17NO3/c1-20-16-11-10-14(17(21-2)18(16)22-3)9-8-13-6-4-5-7-15(13)12-19/h4-11H,1-3H3. The molecule has 0 unspecified atom stereocenters. The van der Waals surface area contributed by atoms with Crippen LogP contribution in [0.2, 0.25) is 0 Å². The normalized spacial score (nSPS) is 10.3. The molecule has 4 nitrogen and oxygen atoms in total. The van der Waals surface area contributed by atoms with Crippen LogP contribution in [0.15, 0.2) is 36.4 Å². The number of methoxy groups -OCH3 is 3. The van der Waals surface area contributed by atoms with Crippen LogP contribution in [-0.4, -0.2) is 21.3 Å². The average molecular weight is 295 g/mol. The molecule has 0 aliphatic rings. The molecule has 0 aliphatic carbocycles. The van der Waals surface area contributed by atoms with Gasteiger partial charge in [0.2, 0.25) is 5.75 Å². The summed E-state index contributed by atoms with van der Waals surface area (Å²) in [6.45, 7) is 0. The lowest BCUT2D eigenvalue weighted by Crippen LogP contribution is -1.96. The maximum absolute atomic E-state index is 9.12. The maximum Gasteiger partial charge on any atom is 0.203 e. The third-order valence-electron chi connectivity index (χ3n) is 3.26. The molecule has 0 N–H and O–H groups in total. The van der Waals surface area contributed by atoms with Gasteiger partial charge in [-0.25, -0.2) is 0 Å². The minimum atomic E-state index is 0.542. The predicted molar refractivity (Wildman–Crippen MR) is 86.2 cm³/mol. The second kappa shape index (κ2) is 7.19. The summed E-state index contributed by atoms with van der Waals surface area (Å²) in [5.74, 6) is 1.74. The SMILES string of the molecule is COc1ccc(C=Cc2ccccc2C#N)c(OC)c1OC. The van der Waals surface area contributed by atoms with Gasteiger partial charge in [0.05, 0.1) is 33.0 Å². The van der Waals surface area contributed by atoms with Crippen molar-refractivity contribution < 1.29 is 14.2 Å². The average Bonchev–Trinajstić information content (AvgIpc) is 2.58. The molecule has 0 saturated carbocycles. The molecule has 0 saturated heterocycles. The number of benzene rings is 2. The lowest BCUT2D eigenvalue weighted by Gasteiger charge is -2.14. The number of ether oxygens (including phenoxy) is 3. The van der Waals surface area contributed by atoms with Gasteiger partial charge >= 0.3 is 0 Å². The second-order valence-corrected chi connectivity index (χ2v) is 4.46. The number of hydrogen-bond donors (Lipinski definition) is 0. The molecule has 4 heteroatoms. The highest BCUT2D eigenvalue weighted by atomic mass is 16.5. The Morgan fingerprint density at radius 3 is 2.14 bits per heavy atom. The number of rotatable bonds is 5. The Hall–Kier alpha value is -2.93. The summed E-state index contributed by atoms with van der Waals surface area (Å²) >= 11 is 0. The molecule has 2 aromatic carbocycles. The van der Waals surface area contributed by atoms with Crippen LogP contribution in [0.25, 0.3) is 12.2 Å². The summed E-state index contributed by atoms with van der Waals surface area (Å²) in [5.41, 5.74) is 2.31. The van der Waals surface area contributed by atoms with Gasteiger partial charge in [0, 0.05) is 5.56 Å². The first-order valence-corrected chi connectivity index (χ1v) is 6.71. The summed E-state index contributed by atoms with van der Waals surface area (Å²) in [4.78, 5) is 0. The largest absolute Gasteiger partial charge is 0.493 e. The van der Waals surface area contributed by atoms with Gasteiger partial charge in [-0.2, -0.15) is 5.26 Å². The first kappa shape index (κ1) is 15.5. The molecule has 0 atom stereocenters. The third-order valence-corrected chi connectivity index (χ3v) is 3.26. The lowest BCUT2D eigenvalue weighted by atomic mass is 10.1. The van der Waals surface area contributed by atoms with Gasteiger partial charge in [-0.15, -0.1) is 0 Å². The highest BCUT2D eigenvalue weighted by molar-refractivity contribution is 5.77. The van der Waals surface area contributed by atoms with Gasteiger partial charge in [-0.3, -0.25) is 0 Å². The van der Waals surface area contributed by atoms with E-state index in [1.54, 1.807) is 27.4 Å². The second-order valence-electron chi connectivity index (χ2n) is 4.46. The van der Waals surface area contributed by atoms with Gasteiger partial charge in [0.1, 0.15) is 0 Å².